The first-order chi connectivity index (χ1) is 20.0. The number of hydrogen-bond acceptors (Lipinski definition) is 7. The largest absolute Gasteiger partial charge is 0.485 e. The van der Waals surface area contributed by atoms with Gasteiger partial charge in [-0.15, -0.1) is 0 Å². The Balaban J connectivity index is 1.06. The van der Waals surface area contributed by atoms with Crippen molar-refractivity contribution < 1.29 is 28.5 Å². The molecule has 2 unspecified atom stereocenters. The van der Waals surface area contributed by atoms with Gasteiger partial charge in [0.15, 0.2) is 28.9 Å². The van der Waals surface area contributed by atoms with Crippen LogP contribution in [0, 0.1) is 5.82 Å². The highest BCUT2D eigenvalue weighted by atomic mass is 19.1. The van der Waals surface area contributed by atoms with Crippen molar-refractivity contribution in [1.82, 2.24) is 19.4 Å². The van der Waals surface area contributed by atoms with Crippen LogP contribution in [0.5, 0.6) is 11.5 Å². The van der Waals surface area contributed by atoms with Crippen LogP contribution in [0.2, 0.25) is 0 Å². The van der Waals surface area contributed by atoms with Gasteiger partial charge in [0.2, 0.25) is 0 Å². The van der Waals surface area contributed by atoms with Crippen LogP contribution in [0.1, 0.15) is 58.7 Å². The van der Waals surface area contributed by atoms with Gasteiger partial charge in [0.05, 0.1) is 19.2 Å². The Hall–Kier alpha value is -4.02. The minimum Gasteiger partial charge on any atom is -0.485 e. The Labute approximate surface area is 236 Å². The minimum atomic E-state index is -1.05. The van der Waals surface area contributed by atoms with Crippen LogP contribution >= 0.6 is 0 Å². The third-order valence-corrected chi connectivity index (χ3v) is 8.37. The predicted molar refractivity (Wildman–Crippen MR) is 148 cm³/mol. The molecule has 41 heavy (non-hydrogen) atoms. The molecule has 4 aromatic rings. The van der Waals surface area contributed by atoms with Crippen LogP contribution in [0.25, 0.3) is 11.2 Å². The van der Waals surface area contributed by atoms with Crippen molar-refractivity contribution in [3.05, 3.63) is 83.1 Å². The molecule has 1 N–H and O–H groups in total. The van der Waals surface area contributed by atoms with Crippen molar-refractivity contribution in [3.8, 4) is 11.5 Å². The summed E-state index contributed by atoms with van der Waals surface area (Å²) in [4.78, 5) is 23.2. The van der Waals surface area contributed by atoms with E-state index in [9.17, 15) is 14.3 Å². The number of carbonyl (C=O) groups is 1. The van der Waals surface area contributed by atoms with Crippen LogP contribution in [0.15, 0.2) is 54.6 Å². The summed E-state index contributed by atoms with van der Waals surface area (Å²) in [5, 5.41) is 9.45. The number of imidazole rings is 1. The van der Waals surface area contributed by atoms with Crippen molar-refractivity contribution in [2.45, 2.75) is 50.5 Å². The molecule has 10 heteroatoms. The van der Waals surface area contributed by atoms with Gasteiger partial charge in [0, 0.05) is 17.7 Å². The standard InChI is InChI=1S/C31H31FN4O5/c32-23-6-2-1-4-22(23)27-18-40-29-21(5-3-7-26(29)41-27)19-10-13-35(14-11-19)17-28-33-24-8-9-25(31(37)38)34-30(24)36(28)16-20-12-15-39-20/h1-9,19-20,27H,10-18H2,(H,37,38). The van der Waals surface area contributed by atoms with Gasteiger partial charge in [-0.2, -0.15) is 0 Å². The van der Waals surface area contributed by atoms with Crippen molar-refractivity contribution >= 4 is 17.1 Å². The number of aromatic carboxylic acids is 1. The number of halogens is 1. The number of rotatable bonds is 7. The molecule has 0 saturated carbocycles. The number of carboxylic acid groups (broad SMARTS) is 1. The summed E-state index contributed by atoms with van der Waals surface area (Å²) in [5.41, 5.74) is 2.93. The van der Waals surface area contributed by atoms with Crippen molar-refractivity contribution in [1.29, 1.82) is 0 Å². The number of hydrogen-bond donors (Lipinski definition) is 1. The fourth-order valence-corrected chi connectivity index (χ4v) is 6.05. The first kappa shape index (κ1) is 25.9. The lowest BCUT2D eigenvalue weighted by Gasteiger charge is -2.35. The zero-order valence-electron chi connectivity index (χ0n) is 22.5. The van der Waals surface area contributed by atoms with Gasteiger partial charge in [-0.3, -0.25) is 4.90 Å². The summed E-state index contributed by atoms with van der Waals surface area (Å²) in [6, 6.07) is 15.9. The number of fused-ring (bicyclic) bond motifs is 2. The molecule has 7 rings (SSSR count). The number of aromatic nitrogens is 3. The van der Waals surface area contributed by atoms with Gasteiger partial charge in [0.25, 0.3) is 0 Å². The van der Waals surface area contributed by atoms with E-state index in [1.54, 1.807) is 18.2 Å². The third-order valence-electron chi connectivity index (χ3n) is 8.37. The topological polar surface area (TPSA) is 98.9 Å². The van der Waals surface area contributed by atoms with Crippen molar-refractivity contribution in [3.63, 3.8) is 0 Å². The summed E-state index contributed by atoms with van der Waals surface area (Å²) in [6.45, 7) is 4.03. The first-order valence-electron chi connectivity index (χ1n) is 14.1. The van der Waals surface area contributed by atoms with Crippen LogP contribution < -0.4 is 9.47 Å². The van der Waals surface area contributed by atoms with Crippen molar-refractivity contribution in [2.75, 3.05) is 26.3 Å². The van der Waals surface area contributed by atoms with Gasteiger partial charge in [-0.05, 0) is 62.5 Å². The van der Waals surface area contributed by atoms with Gasteiger partial charge in [0.1, 0.15) is 23.8 Å². The molecule has 0 spiro atoms. The Bertz CT molecular complexity index is 1590. The number of likely N-dealkylation sites (tertiary alicyclic amines) is 1. The van der Waals surface area contributed by atoms with E-state index in [1.165, 1.54) is 12.1 Å². The highest BCUT2D eigenvalue weighted by molar-refractivity contribution is 5.88. The minimum absolute atomic E-state index is 0.0122. The van der Waals surface area contributed by atoms with Crippen LogP contribution in [0.4, 0.5) is 4.39 Å². The average molecular weight is 559 g/mol. The normalized spacial score (nSPS) is 21.1. The van der Waals surface area contributed by atoms with Gasteiger partial charge in [-0.1, -0.05) is 30.3 Å². The number of ether oxygens (including phenoxy) is 3. The number of nitrogens with zero attached hydrogens (tertiary/aromatic N) is 4. The molecular formula is C31H31FN4O5. The second-order valence-electron chi connectivity index (χ2n) is 10.9. The molecule has 3 aliphatic heterocycles. The van der Waals surface area contributed by atoms with Crippen LogP contribution in [0.3, 0.4) is 0 Å². The zero-order valence-corrected chi connectivity index (χ0v) is 22.5. The highest BCUT2D eigenvalue weighted by Gasteiger charge is 2.31. The lowest BCUT2D eigenvalue weighted by atomic mass is 9.88. The van der Waals surface area contributed by atoms with E-state index in [1.807, 2.05) is 22.8 Å². The number of benzene rings is 2. The third kappa shape index (κ3) is 5.02. The fraction of sp³-hybridized carbons (Fsp3) is 0.387. The average Bonchev–Trinajstić information content (AvgIpc) is 3.30. The maximum Gasteiger partial charge on any atom is 0.354 e. The second kappa shape index (κ2) is 10.8. The van der Waals surface area contributed by atoms with E-state index in [0.29, 0.717) is 41.5 Å². The zero-order chi connectivity index (χ0) is 27.9. The van der Waals surface area contributed by atoms with E-state index in [4.69, 9.17) is 19.2 Å². The quantitative estimate of drug-likeness (QED) is 0.340. The maximum absolute atomic E-state index is 14.4. The molecule has 212 valence electrons. The van der Waals surface area contributed by atoms with Crippen LogP contribution in [-0.2, 0) is 17.8 Å². The van der Waals surface area contributed by atoms with E-state index in [0.717, 1.165) is 56.1 Å². The fourth-order valence-electron chi connectivity index (χ4n) is 6.05. The molecule has 2 aromatic carbocycles. The number of carboxylic acids is 1. The van der Waals surface area contributed by atoms with E-state index < -0.39 is 12.1 Å². The molecule has 0 radical (unpaired) electrons. The predicted octanol–water partition coefficient (Wildman–Crippen LogP) is 4.95. The molecule has 2 saturated heterocycles. The molecule has 3 aliphatic rings. The molecule has 0 aliphatic carbocycles. The Kier molecular flexibility index (Phi) is 6.80. The molecule has 0 bridgehead atoms. The van der Waals surface area contributed by atoms with Gasteiger partial charge < -0.3 is 23.9 Å². The summed E-state index contributed by atoms with van der Waals surface area (Å²) in [6.07, 6.45) is 2.48. The molecule has 2 fully saturated rings. The summed E-state index contributed by atoms with van der Waals surface area (Å²) < 4.78 is 34.5. The first-order valence-corrected chi connectivity index (χ1v) is 14.1. The van der Waals surface area contributed by atoms with E-state index >= 15 is 0 Å². The lowest BCUT2D eigenvalue weighted by Crippen LogP contribution is -2.35. The monoisotopic (exact) mass is 558 g/mol. The number of piperidine rings is 1. The Morgan fingerprint density at radius 3 is 2.56 bits per heavy atom. The molecular weight excluding hydrogens is 527 g/mol. The Morgan fingerprint density at radius 2 is 1.80 bits per heavy atom. The molecule has 5 heterocycles. The molecule has 0 amide bonds. The second-order valence-corrected chi connectivity index (χ2v) is 10.9. The Morgan fingerprint density at radius 1 is 1.00 bits per heavy atom. The van der Waals surface area contributed by atoms with Crippen LogP contribution in [-0.4, -0.2) is 62.9 Å². The lowest BCUT2D eigenvalue weighted by molar-refractivity contribution is -0.0593. The number of pyridine rings is 1. The number of para-hydroxylation sites is 1. The SMILES string of the molecule is O=C(O)c1ccc2nc(CN3CCC(c4cccc5c4OCC(c4ccccc4F)O5)CC3)n(CC3CCO3)c2n1. The maximum atomic E-state index is 14.4. The smallest absolute Gasteiger partial charge is 0.354 e. The molecule has 2 aromatic heterocycles. The summed E-state index contributed by atoms with van der Waals surface area (Å²) in [5.74, 6) is 1.27. The van der Waals surface area contributed by atoms with Gasteiger partial charge >= 0.3 is 5.97 Å². The van der Waals surface area contributed by atoms with E-state index in [-0.39, 0.29) is 24.2 Å². The molecule has 2 atom stereocenters. The summed E-state index contributed by atoms with van der Waals surface area (Å²) >= 11 is 0. The summed E-state index contributed by atoms with van der Waals surface area (Å²) in [7, 11) is 0. The van der Waals surface area contributed by atoms with Crippen molar-refractivity contribution in [2.24, 2.45) is 0 Å². The van der Waals surface area contributed by atoms with Gasteiger partial charge in [-0.25, -0.2) is 19.2 Å². The van der Waals surface area contributed by atoms with E-state index in [2.05, 4.69) is 16.0 Å². The highest BCUT2D eigenvalue weighted by Crippen LogP contribution is 2.44. The molecule has 9 nitrogen and oxygen atoms in total.